The highest BCUT2D eigenvalue weighted by Gasteiger charge is 2.33. The number of piperazine rings is 1. The Labute approximate surface area is 122 Å². The Kier molecular flexibility index (Phi) is 4.39. The predicted octanol–water partition coefficient (Wildman–Crippen LogP) is 2.59. The van der Waals surface area contributed by atoms with Gasteiger partial charge in [-0.25, -0.2) is 0 Å². The number of hydrogen-bond acceptors (Lipinski definition) is 3. The molecule has 3 rings (SSSR count). The van der Waals surface area contributed by atoms with Crippen molar-refractivity contribution < 1.29 is 4.74 Å². The zero-order valence-corrected chi connectivity index (χ0v) is 12.6. The van der Waals surface area contributed by atoms with Crippen molar-refractivity contribution in [2.75, 3.05) is 19.7 Å². The van der Waals surface area contributed by atoms with Crippen LogP contribution in [0.15, 0.2) is 30.3 Å². The maximum Gasteiger partial charge on any atom is 0.0561 e. The van der Waals surface area contributed by atoms with E-state index in [9.17, 15) is 0 Å². The Morgan fingerprint density at radius 1 is 1.20 bits per heavy atom. The van der Waals surface area contributed by atoms with Gasteiger partial charge in [-0.3, -0.25) is 4.90 Å². The fraction of sp³-hybridized carbons (Fsp3) is 0.647. The quantitative estimate of drug-likeness (QED) is 0.897. The van der Waals surface area contributed by atoms with E-state index in [1.165, 1.54) is 18.4 Å². The minimum Gasteiger partial charge on any atom is -0.378 e. The lowest BCUT2D eigenvalue weighted by Gasteiger charge is -2.45. The zero-order valence-electron chi connectivity index (χ0n) is 12.6. The minimum absolute atomic E-state index is 0.408. The molecule has 1 N–H and O–H groups in total. The van der Waals surface area contributed by atoms with E-state index >= 15 is 0 Å². The Hall–Kier alpha value is -0.900. The molecule has 4 atom stereocenters. The molecule has 2 heterocycles. The van der Waals surface area contributed by atoms with E-state index in [-0.39, 0.29) is 0 Å². The molecule has 0 aromatic heterocycles. The summed E-state index contributed by atoms with van der Waals surface area (Å²) in [4.78, 5) is 2.70. The van der Waals surface area contributed by atoms with Crippen LogP contribution in [0.4, 0.5) is 0 Å². The Bertz CT molecular complexity index is 422. The van der Waals surface area contributed by atoms with Crippen LogP contribution in [0.25, 0.3) is 0 Å². The first-order valence-corrected chi connectivity index (χ1v) is 7.89. The highest BCUT2D eigenvalue weighted by atomic mass is 16.5. The van der Waals surface area contributed by atoms with Crippen LogP contribution in [0.5, 0.6) is 0 Å². The molecule has 2 aliphatic heterocycles. The van der Waals surface area contributed by atoms with Gasteiger partial charge in [-0.05, 0) is 32.3 Å². The van der Waals surface area contributed by atoms with Gasteiger partial charge in [-0.1, -0.05) is 30.3 Å². The summed E-state index contributed by atoms with van der Waals surface area (Å²) in [6, 6.07) is 12.6. The average molecular weight is 274 g/mol. The van der Waals surface area contributed by atoms with Crippen molar-refractivity contribution in [3.8, 4) is 0 Å². The number of benzene rings is 1. The number of nitrogens with one attached hydrogen (secondary N) is 1. The van der Waals surface area contributed by atoms with Crippen molar-refractivity contribution in [2.45, 2.75) is 50.9 Å². The predicted molar refractivity (Wildman–Crippen MR) is 81.8 cm³/mol. The molecular weight excluding hydrogens is 248 g/mol. The van der Waals surface area contributed by atoms with E-state index in [0.29, 0.717) is 24.2 Å². The average Bonchev–Trinajstić information content (AvgIpc) is 2.48. The highest BCUT2D eigenvalue weighted by Crippen LogP contribution is 2.27. The van der Waals surface area contributed by atoms with Gasteiger partial charge in [-0.15, -0.1) is 0 Å². The second-order valence-electron chi connectivity index (χ2n) is 6.28. The first-order valence-electron chi connectivity index (χ1n) is 7.89. The maximum atomic E-state index is 5.70. The van der Waals surface area contributed by atoms with Gasteiger partial charge >= 0.3 is 0 Å². The number of ether oxygens (including phenoxy) is 1. The summed E-state index contributed by atoms with van der Waals surface area (Å²) >= 11 is 0. The molecule has 1 aromatic rings. The molecule has 4 unspecified atom stereocenters. The summed E-state index contributed by atoms with van der Waals surface area (Å²) in [6.45, 7) is 7.65. The van der Waals surface area contributed by atoms with Crippen molar-refractivity contribution in [3.63, 3.8) is 0 Å². The van der Waals surface area contributed by atoms with Gasteiger partial charge in [0.05, 0.1) is 6.10 Å². The first kappa shape index (κ1) is 14.1. The second-order valence-corrected chi connectivity index (χ2v) is 6.28. The van der Waals surface area contributed by atoms with Crippen LogP contribution in [0.3, 0.4) is 0 Å². The molecule has 110 valence electrons. The van der Waals surface area contributed by atoms with Crippen molar-refractivity contribution in [2.24, 2.45) is 0 Å². The van der Waals surface area contributed by atoms with E-state index < -0.39 is 0 Å². The lowest BCUT2D eigenvalue weighted by Crippen LogP contribution is -2.56. The van der Waals surface area contributed by atoms with Crippen LogP contribution < -0.4 is 5.32 Å². The topological polar surface area (TPSA) is 24.5 Å². The largest absolute Gasteiger partial charge is 0.378 e. The van der Waals surface area contributed by atoms with E-state index in [0.717, 1.165) is 19.7 Å². The summed E-state index contributed by atoms with van der Waals surface area (Å²) in [5, 5.41) is 3.69. The van der Waals surface area contributed by atoms with Crippen LogP contribution in [-0.4, -0.2) is 42.8 Å². The molecule has 0 radical (unpaired) electrons. The van der Waals surface area contributed by atoms with Crippen molar-refractivity contribution in [3.05, 3.63) is 35.9 Å². The van der Waals surface area contributed by atoms with Gasteiger partial charge in [0.1, 0.15) is 0 Å². The number of rotatable bonds is 2. The number of nitrogens with zero attached hydrogens (tertiary/aromatic N) is 1. The van der Waals surface area contributed by atoms with Gasteiger partial charge in [0.25, 0.3) is 0 Å². The van der Waals surface area contributed by atoms with Crippen LogP contribution in [-0.2, 0) is 4.74 Å². The van der Waals surface area contributed by atoms with Gasteiger partial charge in [0.2, 0.25) is 0 Å². The fourth-order valence-corrected chi connectivity index (χ4v) is 3.58. The van der Waals surface area contributed by atoms with Gasteiger partial charge in [0, 0.05) is 37.8 Å². The van der Waals surface area contributed by atoms with Gasteiger partial charge in [0.15, 0.2) is 0 Å². The highest BCUT2D eigenvalue weighted by molar-refractivity contribution is 5.20. The summed E-state index contributed by atoms with van der Waals surface area (Å²) in [7, 11) is 0. The molecule has 2 aliphatic rings. The third-order valence-corrected chi connectivity index (χ3v) is 4.75. The normalized spacial score (nSPS) is 35.9. The van der Waals surface area contributed by atoms with Crippen molar-refractivity contribution in [1.29, 1.82) is 0 Å². The van der Waals surface area contributed by atoms with E-state index in [4.69, 9.17) is 4.74 Å². The van der Waals surface area contributed by atoms with Gasteiger partial charge in [-0.2, -0.15) is 0 Å². The molecule has 0 saturated carbocycles. The van der Waals surface area contributed by atoms with E-state index in [2.05, 4.69) is 54.4 Å². The molecule has 0 amide bonds. The molecule has 0 spiro atoms. The molecule has 2 saturated heterocycles. The summed E-state index contributed by atoms with van der Waals surface area (Å²) in [5.74, 6) is 0. The lowest BCUT2D eigenvalue weighted by molar-refractivity contribution is -0.0353. The monoisotopic (exact) mass is 274 g/mol. The van der Waals surface area contributed by atoms with Crippen molar-refractivity contribution >= 4 is 0 Å². The summed E-state index contributed by atoms with van der Waals surface area (Å²) < 4.78 is 5.70. The molecule has 3 nitrogen and oxygen atoms in total. The van der Waals surface area contributed by atoms with Crippen LogP contribution in [0.1, 0.15) is 38.3 Å². The van der Waals surface area contributed by atoms with E-state index in [1.807, 2.05) is 0 Å². The zero-order chi connectivity index (χ0) is 13.9. The molecule has 0 bridgehead atoms. The van der Waals surface area contributed by atoms with Gasteiger partial charge < -0.3 is 10.1 Å². The Morgan fingerprint density at radius 2 is 2.00 bits per heavy atom. The molecule has 2 fully saturated rings. The summed E-state index contributed by atoms with van der Waals surface area (Å²) in [5.41, 5.74) is 1.41. The lowest BCUT2D eigenvalue weighted by atomic mass is 9.96. The smallest absolute Gasteiger partial charge is 0.0561 e. The van der Waals surface area contributed by atoms with Crippen LogP contribution >= 0.6 is 0 Å². The SMILES string of the molecule is CC1CC(N2CC(c3ccccc3)NCC2C)CCO1. The molecule has 0 aliphatic carbocycles. The second kappa shape index (κ2) is 6.25. The minimum atomic E-state index is 0.408. The third-order valence-electron chi connectivity index (χ3n) is 4.75. The van der Waals surface area contributed by atoms with Crippen LogP contribution in [0.2, 0.25) is 0 Å². The third kappa shape index (κ3) is 3.05. The summed E-state index contributed by atoms with van der Waals surface area (Å²) in [6.07, 6.45) is 2.76. The van der Waals surface area contributed by atoms with Crippen molar-refractivity contribution in [1.82, 2.24) is 10.2 Å². The standard InChI is InChI=1S/C17H26N2O/c1-13-11-18-17(15-6-4-3-5-7-15)12-19(13)16-8-9-20-14(2)10-16/h3-7,13-14,16-18H,8-12H2,1-2H3. The van der Waals surface area contributed by atoms with E-state index in [1.54, 1.807) is 0 Å². The fourth-order valence-electron chi connectivity index (χ4n) is 3.58. The molecule has 1 aromatic carbocycles. The Balaban J connectivity index is 1.70. The Morgan fingerprint density at radius 3 is 2.75 bits per heavy atom. The number of hydrogen-bond donors (Lipinski definition) is 1. The molecular formula is C17H26N2O. The molecule has 3 heteroatoms. The molecule has 20 heavy (non-hydrogen) atoms. The maximum absolute atomic E-state index is 5.70. The van der Waals surface area contributed by atoms with Crippen LogP contribution in [0, 0.1) is 0 Å². The first-order chi connectivity index (χ1) is 9.74.